The Labute approximate surface area is 89.1 Å². The molecular formula is C10H5ClFNO2. The third-order valence-corrected chi connectivity index (χ3v) is 2.40. The number of rotatable bonds is 1. The van der Waals surface area contributed by atoms with Gasteiger partial charge >= 0.3 is 5.97 Å². The first-order valence-electron chi connectivity index (χ1n) is 4.07. The van der Waals surface area contributed by atoms with E-state index in [1.54, 1.807) is 6.07 Å². The molecule has 76 valence electrons. The van der Waals surface area contributed by atoms with Crippen LogP contribution in [0.1, 0.15) is 10.4 Å². The highest BCUT2D eigenvalue weighted by atomic mass is 35.5. The molecule has 0 bridgehead atoms. The molecule has 0 radical (unpaired) electrons. The van der Waals surface area contributed by atoms with Crippen molar-refractivity contribution in [3.63, 3.8) is 0 Å². The topological polar surface area (TPSA) is 50.2 Å². The molecule has 0 aliphatic rings. The molecule has 2 rings (SSSR count). The summed E-state index contributed by atoms with van der Waals surface area (Å²) in [5.74, 6) is -1.80. The number of carboxylic acid groups (broad SMARTS) is 1. The van der Waals surface area contributed by atoms with Gasteiger partial charge in [-0.05, 0) is 12.1 Å². The molecule has 0 aliphatic carbocycles. The van der Waals surface area contributed by atoms with Crippen LogP contribution in [0.5, 0.6) is 0 Å². The van der Waals surface area contributed by atoms with Gasteiger partial charge in [0, 0.05) is 6.20 Å². The van der Waals surface area contributed by atoms with Gasteiger partial charge in [0.05, 0.1) is 21.5 Å². The maximum atomic E-state index is 13.4. The molecule has 0 amide bonds. The molecule has 1 aromatic heterocycles. The molecule has 5 heteroatoms. The molecule has 0 saturated heterocycles. The van der Waals surface area contributed by atoms with Gasteiger partial charge in [0.25, 0.3) is 0 Å². The second-order valence-electron chi connectivity index (χ2n) is 2.92. The van der Waals surface area contributed by atoms with E-state index in [2.05, 4.69) is 4.98 Å². The third-order valence-electron chi connectivity index (χ3n) is 2.01. The minimum Gasteiger partial charge on any atom is -0.478 e. The zero-order chi connectivity index (χ0) is 11.0. The number of nitrogens with zero attached hydrogens (tertiary/aromatic N) is 1. The lowest BCUT2D eigenvalue weighted by molar-refractivity contribution is 0.0697. The van der Waals surface area contributed by atoms with Gasteiger partial charge < -0.3 is 5.11 Å². The van der Waals surface area contributed by atoms with Crippen molar-refractivity contribution in [3.05, 3.63) is 40.8 Å². The summed E-state index contributed by atoms with van der Waals surface area (Å²) in [6.45, 7) is 0. The van der Waals surface area contributed by atoms with E-state index in [-0.39, 0.29) is 16.0 Å². The summed E-state index contributed by atoms with van der Waals surface area (Å²) in [4.78, 5) is 14.5. The van der Waals surface area contributed by atoms with Crippen LogP contribution in [0.3, 0.4) is 0 Å². The maximum Gasteiger partial charge on any atom is 0.338 e. The maximum absolute atomic E-state index is 13.4. The summed E-state index contributed by atoms with van der Waals surface area (Å²) >= 11 is 5.78. The molecule has 0 unspecified atom stereocenters. The molecule has 2 aromatic rings. The Hall–Kier alpha value is -1.68. The Morgan fingerprint density at radius 2 is 2.20 bits per heavy atom. The second kappa shape index (κ2) is 3.47. The Bertz CT molecular complexity index is 556. The normalized spacial score (nSPS) is 10.5. The molecule has 0 spiro atoms. The lowest BCUT2D eigenvalue weighted by atomic mass is 10.1. The van der Waals surface area contributed by atoms with Crippen LogP contribution in [0.2, 0.25) is 5.02 Å². The highest BCUT2D eigenvalue weighted by molar-refractivity contribution is 6.38. The smallest absolute Gasteiger partial charge is 0.338 e. The van der Waals surface area contributed by atoms with E-state index in [4.69, 9.17) is 16.7 Å². The molecule has 1 N–H and O–H groups in total. The van der Waals surface area contributed by atoms with Gasteiger partial charge in [-0.1, -0.05) is 17.7 Å². The summed E-state index contributed by atoms with van der Waals surface area (Å²) in [5, 5.41) is 8.69. The first-order valence-corrected chi connectivity index (χ1v) is 4.45. The van der Waals surface area contributed by atoms with Gasteiger partial charge in [0.1, 0.15) is 5.82 Å². The van der Waals surface area contributed by atoms with Crippen LogP contribution < -0.4 is 0 Å². The molecule has 15 heavy (non-hydrogen) atoms. The minimum atomic E-state index is -1.22. The quantitative estimate of drug-likeness (QED) is 0.812. The number of aromatic carboxylic acids is 1. The number of hydrogen-bond donors (Lipinski definition) is 1. The number of benzene rings is 1. The number of carbonyl (C=O) groups is 1. The summed E-state index contributed by atoms with van der Waals surface area (Å²) in [6, 6.07) is 4.26. The van der Waals surface area contributed by atoms with Crippen molar-refractivity contribution in [1.82, 2.24) is 4.98 Å². The molecule has 1 heterocycles. The van der Waals surface area contributed by atoms with Crippen molar-refractivity contribution in [3.8, 4) is 0 Å². The van der Waals surface area contributed by atoms with E-state index in [1.807, 2.05) is 0 Å². The van der Waals surface area contributed by atoms with Gasteiger partial charge in [-0.3, -0.25) is 4.98 Å². The molecular weight excluding hydrogens is 221 g/mol. The predicted octanol–water partition coefficient (Wildman–Crippen LogP) is 2.73. The zero-order valence-corrected chi connectivity index (χ0v) is 8.12. The van der Waals surface area contributed by atoms with Gasteiger partial charge in [-0.15, -0.1) is 0 Å². The van der Waals surface area contributed by atoms with Crippen LogP contribution in [0.4, 0.5) is 4.39 Å². The average Bonchev–Trinajstić information content (AvgIpc) is 2.17. The average molecular weight is 226 g/mol. The van der Waals surface area contributed by atoms with E-state index in [0.29, 0.717) is 5.52 Å². The van der Waals surface area contributed by atoms with Crippen LogP contribution in [0.25, 0.3) is 10.9 Å². The highest BCUT2D eigenvalue weighted by Crippen LogP contribution is 2.27. The van der Waals surface area contributed by atoms with Gasteiger partial charge in [-0.2, -0.15) is 0 Å². The summed E-state index contributed by atoms with van der Waals surface area (Å²) in [7, 11) is 0. The van der Waals surface area contributed by atoms with E-state index >= 15 is 0 Å². The summed E-state index contributed by atoms with van der Waals surface area (Å²) in [5.41, 5.74) is 0.138. The molecule has 1 aromatic carbocycles. The molecule has 3 nitrogen and oxygen atoms in total. The monoisotopic (exact) mass is 225 g/mol. The van der Waals surface area contributed by atoms with E-state index < -0.39 is 11.8 Å². The first-order chi connectivity index (χ1) is 7.11. The third kappa shape index (κ3) is 1.53. The first kappa shape index (κ1) is 9.86. The predicted molar refractivity (Wildman–Crippen MR) is 53.7 cm³/mol. The summed E-state index contributed by atoms with van der Waals surface area (Å²) < 4.78 is 13.4. The Morgan fingerprint density at radius 1 is 1.47 bits per heavy atom. The van der Waals surface area contributed by atoms with Crippen LogP contribution in [-0.4, -0.2) is 16.1 Å². The van der Waals surface area contributed by atoms with Crippen LogP contribution in [-0.2, 0) is 0 Å². The van der Waals surface area contributed by atoms with Crippen LogP contribution >= 0.6 is 11.6 Å². The minimum absolute atomic E-state index is 0.0408. The lowest BCUT2D eigenvalue weighted by Crippen LogP contribution is -1.99. The molecule has 0 saturated carbocycles. The Kier molecular flexibility index (Phi) is 2.28. The fourth-order valence-electron chi connectivity index (χ4n) is 1.31. The van der Waals surface area contributed by atoms with Crippen LogP contribution in [0, 0.1) is 5.82 Å². The SMILES string of the molecule is O=C(O)c1cnc2cccc(F)c2c1Cl. The Balaban J connectivity index is 2.89. The van der Waals surface area contributed by atoms with Crippen molar-refractivity contribution in [2.75, 3.05) is 0 Å². The largest absolute Gasteiger partial charge is 0.478 e. The number of aromatic nitrogens is 1. The zero-order valence-electron chi connectivity index (χ0n) is 7.37. The highest BCUT2D eigenvalue weighted by Gasteiger charge is 2.14. The number of pyridine rings is 1. The van der Waals surface area contributed by atoms with Crippen molar-refractivity contribution in [1.29, 1.82) is 0 Å². The molecule has 0 aliphatic heterocycles. The van der Waals surface area contributed by atoms with Gasteiger partial charge in [-0.25, -0.2) is 9.18 Å². The van der Waals surface area contributed by atoms with Crippen molar-refractivity contribution >= 4 is 28.5 Å². The van der Waals surface area contributed by atoms with E-state index in [1.165, 1.54) is 12.1 Å². The van der Waals surface area contributed by atoms with Crippen molar-refractivity contribution in [2.45, 2.75) is 0 Å². The number of hydrogen-bond acceptors (Lipinski definition) is 2. The fraction of sp³-hybridized carbons (Fsp3) is 0. The standard InChI is InChI=1S/C10H5ClFNO2/c11-9-5(10(14)15)4-13-7-3-1-2-6(12)8(7)9/h1-4H,(H,14,15). The number of halogens is 2. The molecule has 0 fully saturated rings. The second-order valence-corrected chi connectivity index (χ2v) is 3.30. The van der Waals surface area contributed by atoms with Crippen molar-refractivity contribution in [2.24, 2.45) is 0 Å². The fourth-order valence-corrected chi connectivity index (χ4v) is 1.63. The van der Waals surface area contributed by atoms with Gasteiger partial charge in [0.15, 0.2) is 0 Å². The molecule has 0 atom stereocenters. The summed E-state index contributed by atoms with van der Waals surface area (Å²) in [6.07, 6.45) is 1.12. The van der Waals surface area contributed by atoms with Gasteiger partial charge in [0.2, 0.25) is 0 Å². The van der Waals surface area contributed by atoms with Crippen molar-refractivity contribution < 1.29 is 14.3 Å². The van der Waals surface area contributed by atoms with E-state index in [0.717, 1.165) is 6.20 Å². The van der Waals surface area contributed by atoms with Crippen LogP contribution in [0.15, 0.2) is 24.4 Å². The Morgan fingerprint density at radius 3 is 2.87 bits per heavy atom. The number of carboxylic acids is 1. The lowest BCUT2D eigenvalue weighted by Gasteiger charge is -2.03. The van der Waals surface area contributed by atoms with E-state index in [9.17, 15) is 9.18 Å². The number of fused-ring (bicyclic) bond motifs is 1.